The molecule has 1 N–H and O–H groups in total. The molecule has 0 saturated carbocycles. The molecule has 98 valence electrons. The molecular weight excluding hydrogens is 214 g/mol. The SMILES string of the molecule is CCCC(C)(C)n1nnnc1CNC(C)(C)C. The number of aromatic nitrogens is 4. The van der Waals surface area contributed by atoms with Gasteiger partial charge >= 0.3 is 0 Å². The Balaban J connectivity index is 2.79. The van der Waals surface area contributed by atoms with Gasteiger partial charge in [-0.1, -0.05) is 13.3 Å². The Morgan fingerprint density at radius 2 is 1.82 bits per heavy atom. The predicted molar refractivity (Wildman–Crippen MR) is 68.6 cm³/mol. The van der Waals surface area contributed by atoms with Gasteiger partial charge in [0.15, 0.2) is 5.82 Å². The molecule has 0 aliphatic carbocycles. The monoisotopic (exact) mass is 239 g/mol. The lowest BCUT2D eigenvalue weighted by atomic mass is 9.99. The van der Waals surface area contributed by atoms with Crippen molar-refractivity contribution < 1.29 is 0 Å². The molecule has 1 aromatic rings. The quantitative estimate of drug-likeness (QED) is 0.855. The first-order valence-electron chi connectivity index (χ1n) is 6.29. The second-order valence-electron chi connectivity index (χ2n) is 6.17. The minimum absolute atomic E-state index is 0.0207. The standard InChI is InChI=1S/C12H25N5/c1-7-8-12(5,6)17-10(14-15-16-17)9-13-11(2,3)4/h13H,7-9H2,1-6H3. The molecule has 0 aromatic carbocycles. The van der Waals surface area contributed by atoms with Crippen molar-refractivity contribution in [1.82, 2.24) is 25.5 Å². The molecule has 1 aromatic heterocycles. The number of hydrogen-bond donors (Lipinski definition) is 1. The Bertz CT molecular complexity index is 348. The molecule has 0 bridgehead atoms. The van der Waals surface area contributed by atoms with Crippen LogP contribution in [0.15, 0.2) is 0 Å². The van der Waals surface area contributed by atoms with Crippen LogP contribution in [0, 0.1) is 0 Å². The summed E-state index contributed by atoms with van der Waals surface area (Å²) in [4.78, 5) is 0. The van der Waals surface area contributed by atoms with Gasteiger partial charge in [0.05, 0.1) is 12.1 Å². The fourth-order valence-corrected chi connectivity index (χ4v) is 1.85. The summed E-state index contributed by atoms with van der Waals surface area (Å²) in [5.74, 6) is 0.901. The Labute approximate surface area is 104 Å². The van der Waals surface area contributed by atoms with Crippen molar-refractivity contribution in [2.75, 3.05) is 0 Å². The van der Waals surface area contributed by atoms with Crippen molar-refractivity contribution in [3.05, 3.63) is 5.82 Å². The van der Waals surface area contributed by atoms with Gasteiger partial charge in [0.2, 0.25) is 0 Å². The summed E-state index contributed by atoms with van der Waals surface area (Å²) in [7, 11) is 0. The van der Waals surface area contributed by atoms with Crippen molar-refractivity contribution in [1.29, 1.82) is 0 Å². The Morgan fingerprint density at radius 1 is 1.18 bits per heavy atom. The zero-order chi connectivity index (χ0) is 13.1. The highest BCUT2D eigenvalue weighted by atomic mass is 15.6. The fourth-order valence-electron chi connectivity index (χ4n) is 1.85. The second kappa shape index (κ2) is 5.12. The molecule has 1 rings (SSSR count). The van der Waals surface area contributed by atoms with Crippen LogP contribution in [0.1, 0.15) is 60.2 Å². The molecule has 5 nitrogen and oxygen atoms in total. The molecule has 0 radical (unpaired) electrons. The lowest BCUT2D eigenvalue weighted by Crippen LogP contribution is -2.38. The second-order valence-corrected chi connectivity index (χ2v) is 6.17. The van der Waals surface area contributed by atoms with Crippen LogP contribution in [-0.2, 0) is 12.1 Å². The molecule has 0 unspecified atom stereocenters. The molecule has 0 aliphatic rings. The van der Waals surface area contributed by atoms with Crippen LogP contribution in [0.3, 0.4) is 0 Å². The van der Waals surface area contributed by atoms with Crippen LogP contribution in [0.5, 0.6) is 0 Å². The summed E-state index contributed by atoms with van der Waals surface area (Å²) in [6.45, 7) is 13.6. The van der Waals surface area contributed by atoms with E-state index in [2.05, 4.69) is 62.4 Å². The minimum Gasteiger partial charge on any atom is -0.305 e. The van der Waals surface area contributed by atoms with Crippen LogP contribution < -0.4 is 5.32 Å². The van der Waals surface area contributed by atoms with Crippen LogP contribution in [0.25, 0.3) is 0 Å². The van der Waals surface area contributed by atoms with Gasteiger partial charge in [-0.05, 0) is 51.5 Å². The van der Waals surface area contributed by atoms with Crippen LogP contribution >= 0.6 is 0 Å². The van der Waals surface area contributed by atoms with Gasteiger partial charge < -0.3 is 5.32 Å². The molecule has 0 amide bonds. The van der Waals surface area contributed by atoms with Crippen LogP contribution in [0.2, 0.25) is 0 Å². The number of hydrogen-bond acceptors (Lipinski definition) is 4. The van der Waals surface area contributed by atoms with E-state index in [1.54, 1.807) is 0 Å². The highest BCUT2D eigenvalue weighted by Crippen LogP contribution is 2.21. The van der Waals surface area contributed by atoms with Gasteiger partial charge in [-0.3, -0.25) is 0 Å². The average Bonchev–Trinajstić information content (AvgIpc) is 2.61. The lowest BCUT2D eigenvalue weighted by molar-refractivity contribution is 0.271. The third-order valence-electron chi connectivity index (χ3n) is 2.75. The third-order valence-corrected chi connectivity index (χ3v) is 2.75. The number of nitrogens with one attached hydrogen (secondary N) is 1. The number of tetrazole rings is 1. The molecule has 0 spiro atoms. The van der Waals surface area contributed by atoms with Crippen molar-refractivity contribution in [2.45, 2.75) is 72.0 Å². The summed E-state index contributed by atoms with van der Waals surface area (Å²) in [5.41, 5.74) is 0.0544. The average molecular weight is 239 g/mol. The van der Waals surface area contributed by atoms with Crippen molar-refractivity contribution >= 4 is 0 Å². The zero-order valence-electron chi connectivity index (χ0n) is 11.9. The Kier molecular flexibility index (Phi) is 4.25. The van der Waals surface area contributed by atoms with E-state index in [-0.39, 0.29) is 11.1 Å². The highest BCUT2D eigenvalue weighted by Gasteiger charge is 2.24. The molecule has 1 heterocycles. The first-order chi connectivity index (χ1) is 7.76. The first-order valence-corrected chi connectivity index (χ1v) is 6.29. The van der Waals surface area contributed by atoms with E-state index >= 15 is 0 Å². The van der Waals surface area contributed by atoms with Crippen molar-refractivity contribution in [2.24, 2.45) is 0 Å². The Morgan fingerprint density at radius 3 is 2.35 bits per heavy atom. The molecule has 0 atom stereocenters. The number of nitrogens with zero attached hydrogens (tertiary/aromatic N) is 4. The molecular formula is C12H25N5. The topological polar surface area (TPSA) is 55.6 Å². The predicted octanol–water partition coefficient (Wildman–Crippen LogP) is 2.10. The Hall–Kier alpha value is -0.970. The van der Waals surface area contributed by atoms with Gasteiger partial charge in [-0.2, -0.15) is 0 Å². The molecule has 17 heavy (non-hydrogen) atoms. The number of rotatable bonds is 5. The van der Waals surface area contributed by atoms with Gasteiger partial charge in [0.25, 0.3) is 0 Å². The summed E-state index contributed by atoms with van der Waals surface area (Å²) < 4.78 is 1.94. The van der Waals surface area contributed by atoms with E-state index in [1.165, 1.54) is 0 Å². The highest BCUT2D eigenvalue weighted by molar-refractivity contribution is 4.89. The van der Waals surface area contributed by atoms with Crippen molar-refractivity contribution in [3.8, 4) is 0 Å². The van der Waals surface area contributed by atoms with E-state index in [9.17, 15) is 0 Å². The summed E-state index contributed by atoms with van der Waals surface area (Å²) in [5, 5.41) is 15.4. The van der Waals surface area contributed by atoms with E-state index < -0.39 is 0 Å². The summed E-state index contributed by atoms with van der Waals surface area (Å²) >= 11 is 0. The normalized spacial score (nSPS) is 13.1. The first kappa shape index (κ1) is 14.1. The molecule has 0 saturated heterocycles. The minimum atomic E-state index is -0.0207. The maximum absolute atomic E-state index is 4.12. The lowest BCUT2D eigenvalue weighted by Gasteiger charge is -2.26. The van der Waals surface area contributed by atoms with Crippen molar-refractivity contribution in [3.63, 3.8) is 0 Å². The fraction of sp³-hybridized carbons (Fsp3) is 0.917. The molecule has 5 heteroatoms. The van der Waals surface area contributed by atoms with Gasteiger partial charge in [-0.15, -0.1) is 5.10 Å². The van der Waals surface area contributed by atoms with E-state index in [1.807, 2.05) is 4.68 Å². The maximum Gasteiger partial charge on any atom is 0.165 e. The van der Waals surface area contributed by atoms with Gasteiger partial charge in [0.1, 0.15) is 0 Å². The smallest absolute Gasteiger partial charge is 0.165 e. The molecule has 0 fully saturated rings. The van der Waals surface area contributed by atoms with Gasteiger partial charge in [-0.25, -0.2) is 4.68 Å². The molecule has 0 aliphatic heterocycles. The summed E-state index contributed by atoms with van der Waals surface area (Å²) in [6, 6.07) is 0. The van der Waals surface area contributed by atoms with Crippen LogP contribution in [-0.4, -0.2) is 25.7 Å². The van der Waals surface area contributed by atoms with Gasteiger partial charge in [0, 0.05) is 5.54 Å². The largest absolute Gasteiger partial charge is 0.305 e. The van der Waals surface area contributed by atoms with E-state index in [4.69, 9.17) is 0 Å². The third kappa shape index (κ3) is 4.07. The van der Waals surface area contributed by atoms with E-state index in [0.717, 1.165) is 18.7 Å². The summed E-state index contributed by atoms with van der Waals surface area (Å²) in [6.07, 6.45) is 2.19. The zero-order valence-corrected chi connectivity index (χ0v) is 11.9. The van der Waals surface area contributed by atoms with E-state index in [0.29, 0.717) is 6.54 Å². The van der Waals surface area contributed by atoms with Crippen LogP contribution in [0.4, 0.5) is 0 Å². The maximum atomic E-state index is 4.12.